The molecule has 2 aromatic rings. The van der Waals surface area contributed by atoms with E-state index in [0.29, 0.717) is 0 Å². The highest BCUT2D eigenvalue weighted by Crippen LogP contribution is 2.18. The Bertz CT molecular complexity index is 518. The molecule has 1 aromatic heterocycles. The number of aromatic nitrogens is 2. The van der Waals surface area contributed by atoms with Gasteiger partial charge >= 0.3 is 0 Å². The van der Waals surface area contributed by atoms with E-state index in [2.05, 4.69) is 4.98 Å². The molecule has 0 amide bonds. The molecule has 1 heterocycles. The summed E-state index contributed by atoms with van der Waals surface area (Å²) in [4.78, 5) is 15.5. The van der Waals surface area contributed by atoms with Gasteiger partial charge in [-0.05, 0) is 25.5 Å². The number of carbonyl (C=O) groups excluding carboxylic acids is 1. The number of imidazole rings is 1. The SMILES string of the molecule is Cc1ccc(OCC(=O)n2ccnc2)c(C)c1. The Balaban J connectivity index is 2.01. The lowest BCUT2D eigenvalue weighted by Crippen LogP contribution is -2.18. The molecule has 0 spiro atoms. The van der Waals surface area contributed by atoms with Crippen molar-refractivity contribution in [1.82, 2.24) is 9.55 Å². The Hall–Kier alpha value is -2.10. The van der Waals surface area contributed by atoms with E-state index in [0.717, 1.165) is 11.3 Å². The molecule has 4 heteroatoms. The van der Waals surface area contributed by atoms with Gasteiger partial charge in [-0.1, -0.05) is 17.7 Å². The van der Waals surface area contributed by atoms with Crippen LogP contribution in [0.5, 0.6) is 5.75 Å². The summed E-state index contributed by atoms with van der Waals surface area (Å²) >= 11 is 0. The smallest absolute Gasteiger partial charge is 0.269 e. The van der Waals surface area contributed by atoms with Gasteiger partial charge in [0.05, 0.1) is 0 Å². The van der Waals surface area contributed by atoms with Crippen molar-refractivity contribution in [2.75, 3.05) is 6.61 Å². The van der Waals surface area contributed by atoms with Crippen molar-refractivity contribution >= 4 is 5.91 Å². The predicted molar refractivity (Wildman–Crippen MR) is 64.3 cm³/mol. The van der Waals surface area contributed by atoms with Crippen molar-refractivity contribution < 1.29 is 9.53 Å². The molecule has 17 heavy (non-hydrogen) atoms. The van der Waals surface area contributed by atoms with E-state index in [-0.39, 0.29) is 12.5 Å². The monoisotopic (exact) mass is 230 g/mol. The molecule has 2 rings (SSSR count). The van der Waals surface area contributed by atoms with Gasteiger partial charge < -0.3 is 4.74 Å². The van der Waals surface area contributed by atoms with Gasteiger partial charge in [-0.25, -0.2) is 4.98 Å². The Kier molecular flexibility index (Phi) is 3.23. The Morgan fingerprint density at radius 1 is 1.41 bits per heavy atom. The second-order valence-corrected chi connectivity index (χ2v) is 3.92. The average Bonchev–Trinajstić information content (AvgIpc) is 2.81. The van der Waals surface area contributed by atoms with Crippen LogP contribution in [0.15, 0.2) is 36.9 Å². The maximum Gasteiger partial charge on any atom is 0.269 e. The second kappa shape index (κ2) is 4.82. The molecular formula is C13H14N2O2. The molecule has 0 aliphatic carbocycles. The van der Waals surface area contributed by atoms with Gasteiger partial charge in [0.2, 0.25) is 0 Å². The fourth-order valence-electron chi connectivity index (χ4n) is 1.58. The summed E-state index contributed by atoms with van der Waals surface area (Å²) in [5.41, 5.74) is 2.21. The number of ether oxygens (including phenoxy) is 1. The van der Waals surface area contributed by atoms with E-state index >= 15 is 0 Å². The summed E-state index contributed by atoms with van der Waals surface area (Å²) in [7, 11) is 0. The summed E-state index contributed by atoms with van der Waals surface area (Å²) in [5, 5.41) is 0. The van der Waals surface area contributed by atoms with Crippen molar-refractivity contribution in [3.05, 3.63) is 48.0 Å². The summed E-state index contributed by atoms with van der Waals surface area (Å²) in [6, 6.07) is 5.87. The number of nitrogens with zero attached hydrogens (tertiary/aromatic N) is 2. The van der Waals surface area contributed by atoms with Crippen LogP contribution in [-0.4, -0.2) is 22.1 Å². The summed E-state index contributed by atoms with van der Waals surface area (Å²) < 4.78 is 6.89. The van der Waals surface area contributed by atoms with Crippen molar-refractivity contribution in [3.63, 3.8) is 0 Å². The molecular weight excluding hydrogens is 216 g/mol. The lowest BCUT2D eigenvalue weighted by atomic mass is 10.1. The van der Waals surface area contributed by atoms with Crippen LogP contribution in [0.1, 0.15) is 15.9 Å². The molecule has 0 saturated heterocycles. The largest absolute Gasteiger partial charge is 0.483 e. The fraction of sp³-hybridized carbons (Fsp3) is 0.231. The van der Waals surface area contributed by atoms with Crippen LogP contribution in [0, 0.1) is 13.8 Å². The normalized spacial score (nSPS) is 10.2. The standard InChI is InChI=1S/C13H14N2O2/c1-10-3-4-12(11(2)7-10)17-8-13(16)15-6-5-14-9-15/h3-7,9H,8H2,1-2H3. The van der Waals surface area contributed by atoms with Gasteiger partial charge in [0.15, 0.2) is 6.61 Å². The van der Waals surface area contributed by atoms with Gasteiger partial charge in [-0.2, -0.15) is 0 Å². The molecule has 0 aliphatic rings. The quantitative estimate of drug-likeness (QED) is 0.812. The highest BCUT2D eigenvalue weighted by Gasteiger charge is 2.06. The Morgan fingerprint density at radius 2 is 2.24 bits per heavy atom. The first kappa shape index (κ1) is 11.4. The maximum atomic E-state index is 11.7. The molecule has 0 bridgehead atoms. The highest BCUT2D eigenvalue weighted by atomic mass is 16.5. The molecule has 0 fully saturated rings. The number of hydrogen-bond donors (Lipinski definition) is 0. The summed E-state index contributed by atoms with van der Waals surface area (Å²) in [6.45, 7) is 4.00. The van der Waals surface area contributed by atoms with E-state index in [4.69, 9.17) is 4.74 Å². The first-order valence-electron chi connectivity index (χ1n) is 5.38. The van der Waals surface area contributed by atoms with Gasteiger partial charge in [-0.15, -0.1) is 0 Å². The van der Waals surface area contributed by atoms with Gasteiger partial charge in [0, 0.05) is 12.4 Å². The Morgan fingerprint density at radius 3 is 2.88 bits per heavy atom. The zero-order chi connectivity index (χ0) is 12.3. The van der Waals surface area contributed by atoms with E-state index in [1.165, 1.54) is 16.5 Å². The van der Waals surface area contributed by atoms with E-state index in [1.54, 1.807) is 12.4 Å². The van der Waals surface area contributed by atoms with Crippen molar-refractivity contribution in [2.24, 2.45) is 0 Å². The first-order chi connectivity index (χ1) is 8.16. The number of benzene rings is 1. The molecule has 4 nitrogen and oxygen atoms in total. The van der Waals surface area contributed by atoms with Crippen molar-refractivity contribution in [1.29, 1.82) is 0 Å². The van der Waals surface area contributed by atoms with E-state index < -0.39 is 0 Å². The minimum atomic E-state index is -0.137. The molecule has 0 saturated carbocycles. The number of rotatable bonds is 3. The van der Waals surface area contributed by atoms with Gasteiger partial charge in [-0.3, -0.25) is 9.36 Å². The second-order valence-electron chi connectivity index (χ2n) is 3.92. The molecule has 0 unspecified atom stereocenters. The zero-order valence-electron chi connectivity index (χ0n) is 9.88. The maximum absolute atomic E-state index is 11.7. The van der Waals surface area contributed by atoms with Gasteiger partial charge in [0.25, 0.3) is 5.91 Å². The first-order valence-corrected chi connectivity index (χ1v) is 5.38. The predicted octanol–water partition coefficient (Wildman–Crippen LogP) is 2.22. The van der Waals surface area contributed by atoms with Crippen LogP contribution in [-0.2, 0) is 0 Å². The van der Waals surface area contributed by atoms with Crippen molar-refractivity contribution in [3.8, 4) is 5.75 Å². The zero-order valence-corrected chi connectivity index (χ0v) is 9.88. The number of hydrogen-bond acceptors (Lipinski definition) is 3. The minimum absolute atomic E-state index is 0.0141. The van der Waals surface area contributed by atoms with Crippen LogP contribution in [0.3, 0.4) is 0 Å². The molecule has 88 valence electrons. The van der Waals surface area contributed by atoms with Crippen molar-refractivity contribution in [2.45, 2.75) is 13.8 Å². The lowest BCUT2D eigenvalue weighted by Gasteiger charge is -2.09. The topological polar surface area (TPSA) is 44.1 Å². The third-order valence-electron chi connectivity index (χ3n) is 2.47. The number of carbonyl (C=O) groups is 1. The molecule has 1 aromatic carbocycles. The van der Waals surface area contributed by atoms with Crippen LogP contribution >= 0.6 is 0 Å². The van der Waals surface area contributed by atoms with Crippen LogP contribution < -0.4 is 4.74 Å². The molecule has 0 atom stereocenters. The van der Waals surface area contributed by atoms with Crippen LogP contribution in [0.2, 0.25) is 0 Å². The van der Waals surface area contributed by atoms with Crippen LogP contribution in [0.4, 0.5) is 0 Å². The number of aryl methyl sites for hydroxylation is 2. The Labute approximate surface area is 99.9 Å². The molecule has 0 aliphatic heterocycles. The van der Waals surface area contributed by atoms with Crippen LogP contribution in [0.25, 0.3) is 0 Å². The molecule has 0 radical (unpaired) electrons. The summed E-state index contributed by atoms with van der Waals surface area (Å²) in [5.74, 6) is 0.603. The summed E-state index contributed by atoms with van der Waals surface area (Å²) in [6.07, 6.45) is 4.64. The average molecular weight is 230 g/mol. The third kappa shape index (κ3) is 2.72. The highest BCUT2D eigenvalue weighted by molar-refractivity contribution is 5.80. The third-order valence-corrected chi connectivity index (χ3v) is 2.47. The molecule has 0 N–H and O–H groups in total. The lowest BCUT2D eigenvalue weighted by molar-refractivity contribution is 0.0837. The van der Waals surface area contributed by atoms with E-state index in [9.17, 15) is 4.79 Å². The fourth-order valence-corrected chi connectivity index (χ4v) is 1.58. The van der Waals surface area contributed by atoms with E-state index in [1.807, 2.05) is 32.0 Å². The van der Waals surface area contributed by atoms with Gasteiger partial charge in [0.1, 0.15) is 12.1 Å². The minimum Gasteiger partial charge on any atom is -0.483 e.